The highest BCUT2D eigenvalue weighted by molar-refractivity contribution is 6.20. The highest BCUT2D eigenvalue weighted by atomic mass is 35.5. The number of carboxylic acids is 1. The van der Waals surface area contributed by atoms with Crippen LogP contribution in [0.25, 0.3) is 0 Å². The smallest absolute Gasteiger partial charge is 0.303 e. The molecular weight excluding hydrogens is 190 g/mol. The van der Waals surface area contributed by atoms with Crippen molar-refractivity contribution in [3.05, 3.63) is 0 Å². The largest absolute Gasteiger partial charge is 0.481 e. The number of carboxylic acid groups (broad SMARTS) is 1. The molecule has 1 heterocycles. The molecule has 0 aromatic carbocycles. The molecular formula is C9H16ClNO2. The van der Waals surface area contributed by atoms with E-state index in [9.17, 15) is 4.79 Å². The molecule has 1 fully saturated rings. The minimum atomic E-state index is -0.702. The second kappa shape index (κ2) is 5.45. The summed E-state index contributed by atoms with van der Waals surface area (Å²) in [5, 5.41) is 8.77. The first kappa shape index (κ1) is 10.8. The molecule has 0 unspecified atom stereocenters. The number of aliphatic carboxylic acids is 1. The molecule has 1 rings (SSSR count). The number of rotatable bonds is 4. The Balaban J connectivity index is 2.05. The number of hydrogen-bond donors (Lipinski definition) is 1. The van der Waals surface area contributed by atoms with Crippen LogP contribution in [-0.4, -0.2) is 41.0 Å². The van der Waals surface area contributed by atoms with Crippen molar-refractivity contribution < 1.29 is 9.90 Å². The predicted molar refractivity (Wildman–Crippen MR) is 52.2 cm³/mol. The van der Waals surface area contributed by atoms with Crippen LogP contribution in [0.4, 0.5) is 0 Å². The number of carbonyl (C=O) groups is 1. The van der Waals surface area contributed by atoms with Gasteiger partial charge >= 0.3 is 5.97 Å². The second-order valence-corrected chi connectivity index (χ2v) is 4.13. The van der Waals surface area contributed by atoms with Crippen molar-refractivity contribution in [1.82, 2.24) is 4.90 Å². The van der Waals surface area contributed by atoms with Gasteiger partial charge in [-0.15, -0.1) is 11.6 Å². The van der Waals surface area contributed by atoms with E-state index >= 15 is 0 Å². The molecule has 0 amide bonds. The maximum Gasteiger partial charge on any atom is 0.303 e. The quantitative estimate of drug-likeness (QED) is 0.709. The van der Waals surface area contributed by atoms with E-state index in [4.69, 9.17) is 16.7 Å². The Morgan fingerprint density at radius 3 is 2.62 bits per heavy atom. The zero-order chi connectivity index (χ0) is 9.68. The maximum absolute atomic E-state index is 10.3. The Labute approximate surface area is 83.7 Å². The fourth-order valence-electron chi connectivity index (χ4n) is 1.58. The van der Waals surface area contributed by atoms with Crippen LogP contribution >= 0.6 is 11.6 Å². The van der Waals surface area contributed by atoms with Crippen LogP contribution in [0.2, 0.25) is 0 Å². The fraction of sp³-hybridized carbons (Fsp3) is 0.889. The lowest BCUT2D eigenvalue weighted by molar-refractivity contribution is -0.137. The average molecular weight is 206 g/mol. The Bertz CT molecular complexity index is 167. The van der Waals surface area contributed by atoms with Gasteiger partial charge in [-0.1, -0.05) is 0 Å². The summed E-state index contributed by atoms with van der Waals surface area (Å²) in [4.78, 5) is 12.5. The van der Waals surface area contributed by atoms with Gasteiger partial charge < -0.3 is 10.0 Å². The van der Waals surface area contributed by atoms with Gasteiger partial charge in [0.25, 0.3) is 0 Å². The summed E-state index contributed by atoms with van der Waals surface area (Å²) in [5.41, 5.74) is 0. The van der Waals surface area contributed by atoms with Gasteiger partial charge in [0.1, 0.15) is 0 Å². The Hall–Kier alpha value is -0.280. The summed E-state index contributed by atoms with van der Waals surface area (Å²) in [6.07, 6.45) is 3.10. The normalized spacial score (nSPS) is 20.4. The third-order valence-corrected chi connectivity index (χ3v) is 2.82. The summed E-state index contributed by atoms with van der Waals surface area (Å²) in [7, 11) is 0. The van der Waals surface area contributed by atoms with Crippen LogP contribution < -0.4 is 0 Å². The molecule has 0 atom stereocenters. The number of alkyl halides is 1. The summed E-state index contributed by atoms with van der Waals surface area (Å²) in [6, 6.07) is 0. The van der Waals surface area contributed by atoms with Crippen LogP contribution in [0.5, 0.6) is 0 Å². The van der Waals surface area contributed by atoms with Gasteiger partial charge in [0.15, 0.2) is 0 Å². The van der Waals surface area contributed by atoms with E-state index in [1.54, 1.807) is 0 Å². The van der Waals surface area contributed by atoms with E-state index in [0.29, 0.717) is 5.38 Å². The van der Waals surface area contributed by atoms with Crippen LogP contribution in [-0.2, 0) is 4.79 Å². The Morgan fingerprint density at radius 2 is 2.08 bits per heavy atom. The maximum atomic E-state index is 10.3. The van der Waals surface area contributed by atoms with Crippen molar-refractivity contribution in [3.63, 3.8) is 0 Å². The van der Waals surface area contributed by atoms with Crippen LogP contribution in [0.15, 0.2) is 0 Å². The first-order valence-corrected chi connectivity index (χ1v) is 5.20. The van der Waals surface area contributed by atoms with Gasteiger partial charge in [-0.25, -0.2) is 0 Å². The van der Waals surface area contributed by atoms with E-state index in [-0.39, 0.29) is 6.42 Å². The van der Waals surface area contributed by atoms with Gasteiger partial charge in [-0.2, -0.15) is 0 Å². The van der Waals surface area contributed by atoms with Gasteiger partial charge in [-0.05, 0) is 38.9 Å². The van der Waals surface area contributed by atoms with Crippen LogP contribution in [0, 0.1) is 0 Å². The third kappa shape index (κ3) is 4.48. The molecule has 0 spiro atoms. The van der Waals surface area contributed by atoms with Crippen molar-refractivity contribution in [2.75, 3.05) is 19.6 Å². The lowest BCUT2D eigenvalue weighted by atomic mass is 10.1. The van der Waals surface area contributed by atoms with Crippen molar-refractivity contribution in [3.8, 4) is 0 Å². The van der Waals surface area contributed by atoms with E-state index in [1.807, 2.05) is 0 Å². The first-order chi connectivity index (χ1) is 6.18. The van der Waals surface area contributed by atoms with E-state index in [2.05, 4.69) is 4.90 Å². The van der Waals surface area contributed by atoms with Crippen molar-refractivity contribution in [1.29, 1.82) is 0 Å². The van der Waals surface area contributed by atoms with Crippen LogP contribution in [0.3, 0.4) is 0 Å². The molecule has 0 saturated carbocycles. The standard InChI is InChI=1S/C9H16ClNO2/c10-8-3-6-11(7-4-8)5-1-2-9(12)13/h8H,1-7H2,(H,12,13). The van der Waals surface area contributed by atoms with Gasteiger partial charge in [-0.3, -0.25) is 4.79 Å². The number of piperidine rings is 1. The molecule has 76 valence electrons. The fourth-order valence-corrected chi connectivity index (χ4v) is 1.77. The summed E-state index contributed by atoms with van der Waals surface area (Å²) >= 11 is 5.95. The second-order valence-electron chi connectivity index (χ2n) is 3.51. The summed E-state index contributed by atoms with van der Waals surface area (Å²) in [6.45, 7) is 2.94. The van der Waals surface area contributed by atoms with Gasteiger partial charge in [0.2, 0.25) is 0 Å². The molecule has 0 aromatic heterocycles. The lowest BCUT2D eigenvalue weighted by Gasteiger charge is -2.28. The van der Waals surface area contributed by atoms with E-state index < -0.39 is 5.97 Å². The average Bonchev–Trinajstić information content (AvgIpc) is 2.08. The molecule has 0 radical (unpaired) electrons. The number of nitrogens with zero attached hydrogens (tertiary/aromatic N) is 1. The third-order valence-electron chi connectivity index (χ3n) is 2.38. The molecule has 0 aliphatic carbocycles. The van der Waals surface area contributed by atoms with Gasteiger partial charge in [0, 0.05) is 11.8 Å². The lowest BCUT2D eigenvalue weighted by Crippen LogP contribution is -2.34. The first-order valence-electron chi connectivity index (χ1n) is 4.76. The van der Waals surface area contributed by atoms with Crippen molar-refractivity contribution >= 4 is 17.6 Å². The molecule has 1 N–H and O–H groups in total. The Morgan fingerprint density at radius 1 is 1.46 bits per heavy atom. The Kier molecular flexibility index (Phi) is 4.53. The molecule has 1 saturated heterocycles. The highest BCUT2D eigenvalue weighted by Gasteiger charge is 2.16. The summed E-state index contributed by atoms with van der Waals surface area (Å²) in [5.74, 6) is -0.702. The van der Waals surface area contributed by atoms with Crippen molar-refractivity contribution in [2.45, 2.75) is 31.1 Å². The monoisotopic (exact) mass is 205 g/mol. The number of likely N-dealkylation sites (tertiary alicyclic amines) is 1. The molecule has 1 aliphatic rings. The topological polar surface area (TPSA) is 40.5 Å². The molecule has 0 bridgehead atoms. The van der Waals surface area contributed by atoms with Gasteiger partial charge in [0.05, 0.1) is 0 Å². The number of hydrogen-bond acceptors (Lipinski definition) is 2. The molecule has 0 aromatic rings. The van der Waals surface area contributed by atoms with Crippen LogP contribution in [0.1, 0.15) is 25.7 Å². The minimum absolute atomic E-state index is 0.279. The number of halogens is 1. The van der Waals surface area contributed by atoms with Crippen molar-refractivity contribution in [2.24, 2.45) is 0 Å². The summed E-state index contributed by atoms with van der Waals surface area (Å²) < 4.78 is 0. The zero-order valence-corrected chi connectivity index (χ0v) is 8.46. The molecule has 13 heavy (non-hydrogen) atoms. The molecule has 3 nitrogen and oxygen atoms in total. The van der Waals surface area contributed by atoms with E-state index in [0.717, 1.165) is 38.9 Å². The zero-order valence-electron chi connectivity index (χ0n) is 7.71. The molecule has 4 heteroatoms. The minimum Gasteiger partial charge on any atom is -0.481 e. The highest BCUT2D eigenvalue weighted by Crippen LogP contribution is 2.15. The SMILES string of the molecule is O=C(O)CCCN1CCC(Cl)CC1. The molecule has 1 aliphatic heterocycles. The van der Waals surface area contributed by atoms with E-state index in [1.165, 1.54) is 0 Å². The predicted octanol–water partition coefficient (Wildman–Crippen LogP) is 1.55.